The van der Waals surface area contributed by atoms with Crippen molar-refractivity contribution in [3.8, 4) is 0 Å². The number of aliphatic hydroxyl groups is 1. The Kier molecular flexibility index (Phi) is 11.1. The van der Waals surface area contributed by atoms with Crippen LogP contribution < -0.4 is 10.2 Å². The molecule has 2 fully saturated rings. The number of ether oxygens (including phenoxy) is 3. The summed E-state index contributed by atoms with van der Waals surface area (Å²) in [5.74, 6) is -1.66. The minimum absolute atomic E-state index is 0.0207. The number of alkyl carbamates (subject to hydrolysis) is 1. The molecule has 1 aromatic rings. The van der Waals surface area contributed by atoms with Crippen LogP contribution in [0.15, 0.2) is 35.9 Å². The summed E-state index contributed by atoms with van der Waals surface area (Å²) in [4.78, 5) is 52.8. The van der Waals surface area contributed by atoms with Crippen LogP contribution in [0.25, 0.3) is 0 Å². The molecule has 7 unspecified atom stereocenters. The van der Waals surface area contributed by atoms with Crippen LogP contribution in [-0.2, 0) is 35.0 Å². The lowest BCUT2D eigenvalue weighted by Crippen LogP contribution is -2.60. The third-order valence-corrected chi connectivity index (χ3v) is 10.1. The van der Waals surface area contributed by atoms with E-state index in [0.29, 0.717) is 30.0 Å². The summed E-state index contributed by atoms with van der Waals surface area (Å²) < 4.78 is 17.8. The number of amides is 2. The molecule has 46 heavy (non-hydrogen) atoms. The van der Waals surface area contributed by atoms with Crippen molar-refractivity contribution < 1.29 is 38.5 Å². The van der Waals surface area contributed by atoms with Crippen molar-refractivity contribution in [3.63, 3.8) is 0 Å². The second-order valence-corrected chi connectivity index (χ2v) is 13.6. The molecule has 2 saturated heterocycles. The number of aryl methyl sites for hydroxylation is 1. The van der Waals surface area contributed by atoms with Crippen molar-refractivity contribution in [1.29, 1.82) is 0 Å². The smallest absolute Gasteiger partial charge is 0.409 e. The highest BCUT2D eigenvalue weighted by Crippen LogP contribution is 2.49. The van der Waals surface area contributed by atoms with Gasteiger partial charge in [0, 0.05) is 44.6 Å². The predicted molar refractivity (Wildman–Crippen MR) is 174 cm³/mol. The predicted octanol–water partition coefficient (Wildman–Crippen LogP) is 5.74. The van der Waals surface area contributed by atoms with Gasteiger partial charge >= 0.3 is 12.1 Å². The number of Topliss-reactive ketones (excluding diaryl/α,β-unsaturated/α-hetero) is 1. The zero-order valence-corrected chi connectivity index (χ0v) is 28.6. The highest BCUT2D eigenvalue weighted by atomic mass is 35.5. The number of hydrogen-bond donors (Lipinski definition) is 2. The van der Waals surface area contributed by atoms with Gasteiger partial charge in [-0.1, -0.05) is 62.2 Å². The van der Waals surface area contributed by atoms with Crippen molar-refractivity contribution in [1.82, 2.24) is 5.32 Å². The molecule has 3 aliphatic rings. The number of allylic oxidation sites excluding steroid dienone is 3. The summed E-state index contributed by atoms with van der Waals surface area (Å²) in [6, 6.07) is 3.87. The number of nitrogens with zero attached hydrogens (tertiary/aromatic N) is 1. The number of hydrogen-bond acceptors (Lipinski definition) is 8. The Morgan fingerprint density at radius 3 is 2.61 bits per heavy atom. The zero-order chi connectivity index (χ0) is 34.0. The summed E-state index contributed by atoms with van der Waals surface area (Å²) in [7, 11) is 1.64. The number of benzene rings is 1. The molecule has 7 atom stereocenters. The van der Waals surface area contributed by atoms with E-state index >= 15 is 0 Å². The fourth-order valence-electron chi connectivity index (χ4n) is 6.37. The molecule has 11 heteroatoms. The maximum absolute atomic E-state index is 13.8. The molecule has 0 aromatic heterocycles. The summed E-state index contributed by atoms with van der Waals surface area (Å²) in [5, 5.41) is 14.6. The highest BCUT2D eigenvalue weighted by Gasteiger charge is 2.64. The molecule has 10 nitrogen and oxygen atoms in total. The van der Waals surface area contributed by atoms with E-state index in [1.807, 2.05) is 58.1 Å². The number of rotatable bonds is 6. The van der Waals surface area contributed by atoms with Crippen LogP contribution >= 0.6 is 11.6 Å². The van der Waals surface area contributed by atoms with Crippen LogP contribution in [0.4, 0.5) is 10.5 Å². The van der Waals surface area contributed by atoms with Gasteiger partial charge in [0.2, 0.25) is 5.91 Å². The van der Waals surface area contributed by atoms with Crippen LogP contribution in [0.2, 0.25) is 5.02 Å². The summed E-state index contributed by atoms with van der Waals surface area (Å²) in [5.41, 5.74) is 0.716. The first kappa shape index (κ1) is 35.6. The molecule has 4 rings (SSSR count). The SMILES string of the molecule is CCC(=O)CCCC(=O)OC1CC(=O)N(C)c2cc(cc(C)c2Cl)C/C(C)=C/C=C/C(C)C2(O)CC(OC(=O)N2)C(C)C2OC12C. The molecule has 2 N–H and O–H groups in total. The maximum Gasteiger partial charge on any atom is 0.409 e. The number of fused-ring (bicyclic) bond motifs is 5. The van der Waals surface area contributed by atoms with E-state index in [1.54, 1.807) is 20.9 Å². The minimum atomic E-state index is -1.57. The van der Waals surface area contributed by atoms with Gasteiger partial charge in [-0.2, -0.15) is 0 Å². The average Bonchev–Trinajstić information content (AvgIpc) is 3.68. The quantitative estimate of drug-likeness (QED) is 0.292. The van der Waals surface area contributed by atoms with Gasteiger partial charge in [-0.3, -0.25) is 19.7 Å². The van der Waals surface area contributed by atoms with Crippen molar-refractivity contribution >= 4 is 41.0 Å². The Balaban J connectivity index is 1.70. The fraction of sp³-hybridized carbons (Fsp3) is 0.600. The van der Waals surface area contributed by atoms with Crippen LogP contribution in [0.1, 0.15) is 84.3 Å². The van der Waals surface area contributed by atoms with Gasteiger partial charge in [0.15, 0.2) is 0 Å². The number of esters is 1. The molecule has 3 aliphatic heterocycles. The topological polar surface area (TPSA) is 135 Å². The molecular weight excluding hydrogens is 612 g/mol. The molecular formula is C35H47ClN2O8. The van der Waals surface area contributed by atoms with Crippen molar-refractivity contribution in [2.24, 2.45) is 11.8 Å². The first-order valence-electron chi connectivity index (χ1n) is 16.1. The number of anilines is 1. The summed E-state index contributed by atoms with van der Waals surface area (Å²) in [6.45, 7) is 11.1. The lowest BCUT2D eigenvalue weighted by Gasteiger charge is -2.41. The fourth-order valence-corrected chi connectivity index (χ4v) is 6.61. The van der Waals surface area contributed by atoms with E-state index in [0.717, 1.165) is 16.7 Å². The van der Waals surface area contributed by atoms with E-state index in [9.17, 15) is 24.3 Å². The molecule has 1 aromatic carbocycles. The number of ketones is 1. The molecule has 3 heterocycles. The number of carbonyl (C=O) groups excluding carboxylic acids is 4. The van der Waals surface area contributed by atoms with Crippen LogP contribution in [0, 0.1) is 18.8 Å². The molecule has 0 saturated carbocycles. The normalized spacial score (nSPS) is 33.5. The summed E-state index contributed by atoms with van der Waals surface area (Å²) in [6.07, 6.45) is 4.23. The van der Waals surface area contributed by atoms with Crippen molar-refractivity contribution in [3.05, 3.63) is 52.1 Å². The lowest BCUT2D eigenvalue weighted by molar-refractivity contribution is -0.154. The third kappa shape index (κ3) is 8.01. The first-order valence-corrected chi connectivity index (χ1v) is 16.5. The van der Waals surface area contributed by atoms with Gasteiger partial charge in [-0.05, 0) is 50.8 Å². The lowest BCUT2D eigenvalue weighted by atomic mass is 9.82. The van der Waals surface area contributed by atoms with E-state index < -0.39 is 53.5 Å². The van der Waals surface area contributed by atoms with E-state index in [-0.39, 0.29) is 37.4 Å². The van der Waals surface area contributed by atoms with Crippen LogP contribution in [0.3, 0.4) is 0 Å². The second kappa shape index (κ2) is 14.3. The van der Waals surface area contributed by atoms with E-state index in [2.05, 4.69) is 5.32 Å². The van der Waals surface area contributed by atoms with E-state index in [1.165, 1.54) is 4.90 Å². The molecule has 0 radical (unpaired) electrons. The molecule has 0 aliphatic carbocycles. The monoisotopic (exact) mass is 658 g/mol. The molecule has 4 bridgehead atoms. The Labute approximate surface area is 276 Å². The van der Waals surface area contributed by atoms with Crippen LogP contribution in [-0.4, -0.2) is 65.5 Å². The average molecular weight is 659 g/mol. The number of nitrogens with one attached hydrogen (secondary N) is 1. The number of epoxide rings is 1. The highest BCUT2D eigenvalue weighted by molar-refractivity contribution is 6.34. The van der Waals surface area contributed by atoms with Gasteiger partial charge in [0.1, 0.15) is 29.3 Å². The van der Waals surface area contributed by atoms with Crippen molar-refractivity contribution in [2.45, 2.75) is 116 Å². The zero-order valence-electron chi connectivity index (χ0n) is 27.9. The largest absolute Gasteiger partial charge is 0.459 e. The first-order chi connectivity index (χ1) is 21.6. The van der Waals surface area contributed by atoms with Gasteiger partial charge in [-0.25, -0.2) is 4.79 Å². The Morgan fingerprint density at radius 1 is 1.20 bits per heavy atom. The maximum atomic E-state index is 13.8. The molecule has 252 valence electrons. The molecule has 2 amide bonds. The molecule has 0 spiro atoms. The minimum Gasteiger partial charge on any atom is -0.459 e. The van der Waals surface area contributed by atoms with E-state index in [4.69, 9.17) is 25.8 Å². The Bertz CT molecular complexity index is 1430. The van der Waals surface area contributed by atoms with Gasteiger partial charge in [0.25, 0.3) is 0 Å². The number of halogens is 1. The van der Waals surface area contributed by atoms with Crippen LogP contribution in [0.5, 0.6) is 0 Å². The van der Waals surface area contributed by atoms with Gasteiger partial charge < -0.3 is 24.2 Å². The number of carbonyl (C=O) groups is 4. The van der Waals surface area contributed by atoms with Gasteiger partial charge in [-0.15, -0.1) is 0 Å². The standard InChI is InChI=1S/C35H47ClN2O8/c1-8-25(39)13-10-14-30(41)45-28-18-29(40)38(7)26-17-24(16-21(3)31(26)36)15-20(2)11-9-12-22(4)35(43)19-27(44-33(42)37-35)23(5)32-34(28,6)46-32/h9,11-12,16-17,22-23,27-28,32,43H,8,10,13-15,18-19H2,1-7H3,(H,37,42)/b12-9+,20-11+. The van der Waals surface area contributed by atoms with Crippen molar-refractivity contribution in [2.75, 3.05) is 11.9 Å². The Hall–Kier alpha value is -3.21. The van der Waals surface area contributed by atoms with Gasteiger partial charge in [0.05, 0.1) is 23.2 Å². The summed E-state index contributed by atoms with van der Waals surface area (Å²) >= 11 is 6.72. The second-order valence-electron chi connectivity index (χ2n) is 13.3. The Morgan fingerprint density at radius 2 is 1.91 bits per heavy atom. The third-order valence-electron chi connectivity index (χ3n) is 9.59.